The van der Waals surface area contributed by atoms with Crippen molar-refractivity contribution in [3.63, 3.8) is 0 Å². The third kappa shape index (κ3) is 5.19. The Bertz CT molecular complexity index is 483. The van der Waals surface area contributed by atoms with Gasteiger partial charge in [-0.1, -0.05) is 0 Å². The summed E-state index contributed by atoms with van der Waals surface area (Å²) in [5.41, 5.74) is 0. The van der Waals surface area contributed by atoms with Gasteiger partial charge >= 0.3 is 0 Å². The summed E-state index contributed by atoms with van der Waals surface area (Å²) in [5, 5.41) is 4.69. The molecule has 0 amide bonds. The summed E-state index contributed by atoms with van der Waals surface area (Å²) in [6, 6.07) is 2.13. The lowest BCUT2D eigenvalue weighted by Gasteiger charge is -2.20. The monoisotopic (exact) mass is 305 g/mol. The van der Waals surface area contributed by atoms with Gasteiger partial charge in [-0.3, -0.25) is 0 Å². The van der Waals surface area contributed by atoms with Gasteiger partial charge < -0.3 is 10.2 Å². The second-order valence-corrected chi connectivity index (χ2v) is 7.51. The van der Waals surface area contributed by atoms with E-state index in [0.717, 1.165) is 4.88 Å². The Labute approximate surface area is 120 Å². The Morgan fingerprint density at radius 3 is 2.68 bits per heavy atom. The van der Waals surface area contributed by atoms with Crippen molar-refractivity contribution in [3.8, 4) is 0 Å². The highest BCUT2D eigenvalue weighted by molar-refractivity contribution is 7.89. The first kappa shape index (κ1) is 16.6. The van der Waals surface area contributed by atoms with Gasteiger partial charge in [0.25, 0.3) is 0 Å². The molecule has 5 nitrogen and oxygen atoms in total. The first-order valence-corrected chi connectivity index (χ1v) is 8.65. The highest BCUT2D eigenvalue weighted by Gasteiger charge is 2.16. The summed E-state index contributed by atoms with van der Waals surface area (Å²) < 4.78 is 26.7. The van der Waals surface area contributed by atoms with Crippen molar-refractivity contribution in [1.29, 1.82) is 0 Å². The molecule has 1 aromatic heterocycles. The molecule has 19 heavy (non-hydrogen) atoms. The smallest absolute Gasteiger partial charge is 0.241 e. The van der Waals surface area contributed by atoms with Crippen LogP contribution in [-0.4, -0.2) is 46.5 Å². The molecular weight excluding hydrogens is 282 g/mol. The van der Waals surface area contributed by atoms with Gasteiger partial charge in [-0.2, -0.15) is 0 Å². The summed E-state index contributed by atoms with van der Waals surface area (Å²) in [6.45, 7) is 5.98. The number of hydrogen-bond donors (Lipinski definition) is 2. The number of sulfonamides is 1. The van der Waals surface area contributed by atoms with Gasteiger partial charge in [0, 0.05) is 35.9 Å². The van der Waals surface area contributed by atoms with Crippen LogP contribution in [0.25, 0.3) is 0 Å². The maximum atomic E-state index is 12.1. The molecule has 1 rings (SSSR count). The number of hydrogen-bond acceptors (Lipinski definition) is 5. The topological polar surface area (TPSA) is 61.4 Å². The molecule has 110 valence electrons. The molecule has 7 heteroatoms. The summed E-state index contributed by atoms with van der Waals surface area (Å²) in [6.07, 6.45) is 0. The van der Waals surface area contributed by atoms with E-state index in [-0.39, 0.29) is 0 Å². The van der Waals surface area contributed by atoms with Gasteiger partial charge in [0.2, 0.25) is 10.0 Å². The lowest BCUT2D eigenvalue weighted by Crippen LogP contribution is -2.36. The van der Waals surface area contributed by atoms with E-state index in [0.29, 0.717) is 30.6 Å². The van der Waals surface area contributed by atoms with Crippen LogP contribution in [0, 0.1) is 0 Å². The molecule has 1 heterocycles. The van der Waals surface area contributed by atoms with Crippen molar-refractivity contribution in [2.45, 2.75) is 31.3 Å². The van der Waals surface area contributed by atoms with E-state index < -0.39 is 10.0 Å². The van der Waals surface area contributed by atoms with E-state index in [1.807, 2.05) is 14.1 Å². The Morgan fingerprint density at radius 2 is 2.11 bits per heavy atom. The van der Waals surface area contributed by atoms with Gasteiger partial charge in [0.1, 0.15) is 0 Å². The van der Waals surface area contributed by atoms with Crippen molar-refractivity contribution in [2.75, 3.05) is 27.2 Å². The second kappa shape index (κ2) is 7.35. The first-order chi connectivity index (χ1) is 8.86. The van der Waals surface area contributed by atoms with Crippen LogP contribution in [0.15, 0.2) is 16.3 Å². The molecule has 0 fully saturated rings. The number of thiophene rings is 1. The second-order valence-electron chi connectivity index (χ2n) is 4.75. The Kier molecular flexibility index (Phi) is 6.41. The minimum Gasteiger partial charge on any atom is -0.315 e. The summed E-state index contributed by atoms with van der Waals surface area (Å²) in [4.78, 5) is 3.47. The van der Waals surface area contributed by atoms with Crippen LogP contribution in [0.2, 0.25) is 0 Å². The summed E-state index contributed by atoms with van der Waals surface area (Å²) >= 11 is 1.45. The van der Waals surface area contributed by atoms with E-state index in [1.165, 1.54) is 11.3 Å². The largest absolute Gasteiger partial charge is 0.315 e. The SMILES string of the molecule is CNCc1cc(S(=O)(=O)NCCN(C)C(C)C)cs1. The quantitative estimate of drug-likeness (QED) is 0.755. The molecule has 0 aliphatic heterocycles. The van der Waals surface area contributed by atoms with Gasteiger partial charge in [0.05, 0.1) is 4.90 Å². The van der Waals surface area contributed by atoms with Crippen LogP contribution >= 0.6 is 11.3 Å². The predicted molar refractivity (Wildman–Crippen MR) is 80.0 cm³/mol. The van der Waals surface area contributed by atoms with Crippen molar-refractivity contribution >= 4 is 21.4 Å². The third-order valence-corrected chi connectivity index (χ3v) is 5.46. The van der Waals surface area contributed by atoms with E-state index in [2.05, 4.69) is 28.8 Å². The molecule has 0 spiro atoms. The Hall–Kier alpha value is -0.470. The molecule has 0 radical (unpaired) electrons. The molecule has 0 unspecified atom stereocenters. The fourth-order valence-electron chi connectivity index (χ4n) is 1.47. The maximum absolute atomic E-state index is 12.1. The molecule has 0 atom stereocenters. The van der Waals surface area contributed by atoms with Gasteiger partial charge in [-0.25, -0.2) is 13.1 Å². The zero-order valence-electron chi connectivity index (χ0n) is 11.9. The van der Waals surface area contributed by atoms with Crippen molar-refractivity contribution in [3.05, 3.63) is 16.3 Å². The Morgan fingerprint density at radius 1 is 1.42 bits per heavy atom. The van der Waals surface area contributed by atoms with E-state index >= 15 is 0 Å². The highest BCUT2D eigenvalue weighted by atomic mass is 32.2. The van der Waals surface area contributed by atoms with Crippen LogP contribution in [0.3, 0.4) is 0 Å². The van der Waals surface area contributed by atoms with Gasteiger partial charge in [-0.05, 0) is 34.0 Å². The average molecular weight is 305 g/mol. The van der Waals surface area contributed by atoms with Crippen LogP contribution in [0.1, 0.15) is 18.7 Å². The summed E-state index contributed by atoms with van der Waals surface area (Å²) in [5.74, 6) is 0. The molecule has 2 N–H and O–H groups in total. The maximum Gasteiger partial charge on any atom is 0.241 e. The fourth-order valence-corrected chi connectivity index (χ4v) is 3.77. The number of likely N-dealkylation sites (N-methyl/N-ethyl adjacent to an activating group) is 1. The molecular formula is C12H23N3O2S2. The molecule has 0 aliphatic carbocycles. The van der Waals surface area contributed by atoms with Gasteiger partial charge in [0.15, 0.2) is 0 Å². The molecule has 0 saturated heterocycles. The number of rotatable bonds is 8. The van der Waals surface area contributed by atoms with Crippen LogP contribution in [-0.2, 0) is 16.6 Å². The molecule has 0 saturated carbocycles. The van der Waals surface area contributed by atoms with E-state index in [9.17, 15) is 8.42 Å². The zero-order chi connectivity index (χ0) is 14.5. The molecule has 0 bridgehead atoms. The minimum absolute atomic E-state index is 0.356. The average Bonchev–Trinajstić information content (AvgIpc) is 2.78. The predicted octanol–water partition coefficient (Wildman–Crippen LogP) is 1.09. The first-order valence-electron chi connectivity index (χ1n) is 6.28. The van der Waals surface area contributed by atoms with Crippen molar-refractivity contribution in [2.24, 2.45) is 0 Å². The van der Waals surface area contributed by atoms with Crippen LogP contribution in [0.5, 0.6) is 0 Å². The fraction of sp³-hybridized carbons (Fsp3) is 0.667. The Balaban J connectivity index is 2.55. The molecule has 0 aliphatic rings. The molecule has 1 aromatic rings. The van der Waals surface area contributed by atoms with Gasteiger partial charge in [-0.15, -0.1) is 11.3 Å². The van der Waals surface area contributed by atoms with Crippen molar-refractivity contribution < 1.29 is 8.42 Å². The minimum atomic E-state index is -3.37. The standard InChI is InChI=1S/C12H23N3O2S2/c1-10(2)15(4)6-5-14-19(16,17)12-7-11(8-13-3)18-9-12/h7,9-10,13-14H,5-6,8H2,1-4H3. The van der Waals surface area contributed by atoms with E-state index in [4.69, 9.17) is 0 Å². The summed E-state index contributed by atoms with van der Waals surface area (Å²) in [7, 11) is 0.449. The van der Waals surface area contributed by atoms with Crippen molar-refractivity contribution in [1.82, 2.24) is 14.9 Å². The van der Waals surface area contributed by atoms with Crippen LogP contribution in [0.4, 0.5) is 0 Å². The lowest BCUT2D eigenvalue weighted by molar-refractivity contribution is 0.278. The number of nitrogens with zero attached hydrogens (tertiary/aromatic N) is 1. The zero-order valence-corrected chi connectivity index (χ0v) is 13.6. The lowest BCUT2D eigenvalue weighted by atomic mass is 10.3. The normalized spacial score (nSPS) is 12.5. The van der Waals surface area contributed by atoms with Crippen LogP contribution < -0.4 is 10.0 Å². The highest BCUT2D eigenvalue weighted by Crippen LogP contribution is 2.18. The molecule has 0 aromatic carbocycles. The van der Waals surface area contributed by atoms with E-state index in [1.54, 1.807) is 11.4 Å². The number of nitrogens with one attached hydrogen (secondary N) is 2. The third-order valence-electron chi connectivity index (χ3n) is 2.93.